The van der Waals surface area contributed by atoms with E-state index in [0.29, 0.717) is 6.61 Å². The Kier molecular flexibility index (Phi) is 2.55. The summed E-state index contributed by atoms with van der Waals surface area (Å²) in [4.78, 5) is 0. The van der Waals surface area contributed by atoms with E-state index in [1.54, 1.807) is 0 Å². The van der Waals surface area contributed by atoms with E-state index in [-0.39, 0.29) is 24.6 Å². The summed E-state index contributed by atoms with van der Waals surface area (Å²) in [5, 5.41) is 0. The average molecular weight is 244 g/mol. The Balaban J connectivity index is 1.60. The number of rotatable bonds is 1. The monoisotopic (exact) mass is 244 g/mol. The molecule has 98 valence electrons. The van der Waals surface area contributed by atoms with Crippen molar-refractivity contribution in [2.24, 2.45) is 0 Å². The maximum atomic E-state index is 5.85. The average Bonchev–Trinajstić information content (AvgIpc) is 2.75. The molecule has 0 unspecified atom stereocenters. The first-order chi connectivity index (χ1) is 7.85. The van der Waals surface area contributed by atoms with Gasteiger partial charge in [-0.1, -0.05) is 0 Å². The Hall–Kier alpha value is -0.200. The van der Waals surface area contributed by atoms with Gasteiger partial charge in [0.1, 0.15) is 12.2 Å². The smallest absolute Gasteiger partial charge is 0.187 e. The Morgan fingerprint density at radius 3 is 2.12 bits per heavy atom. The SMILES string of the molecule is CC1(C)OC[C@@H]([C@@H]2C[C@H]3OC(C)(C)O[C@H]3O2)O1. The van der Waals surface area contributed by atoms with Crippen LogP contribution in [0.3, 0.4) is 0 Å². The molecule has 0 aliphatic carbocycles. The molecular formula is C12H20O5. The molecule has 0 aromatic carbocycles. The molecule has 4 atom stereocenters. The molecule has 0 bridgehead atoms. The summed E-state index contributed by atoms with van der Waals surface area (Å²) >= 11 is 0. The van der Waals surface area contributed by atoms with Gasteiger partial charge in [0.25, 0.3) is 0 Å². The van der Waals surface area contributed by atoms with Gasteiger partial charge in [0.15, 0.2) is 17.9 Å². The number of fused-ring (bicyclic) bond motifs is 1. The second-order valence-corrected chi connectivity index (χ2v) is 5.82. The van der Waals surface area contributed by atoms with Crippen molar-refractivity contribution in [1.82, 2.24) is 0 Å². The molecule has 5 nitrogen and oxygen atoms in total. The molecule has 0 aromatic rings. The van der Waals surface area contributed by atoms with E-state index in [1.165, 1.54) is 0 Å². The number of hydrogen-bond donors (Lipinski definition) is 0. The van der Waals surface area contributed by atoms with Crippen LogP contribution in [0.4, 0.5) is 0 Å². The highest BCUT2D eigenvalue weighted by molar-refractivity contribution is 4.90. The second-order valence-electron chi connectivity index (χ2n) is 5.82. The molecule has 0 aromatic heterocycles. The highest BCUT2D eigenvalue weighted by Crippen LogP contribution is 2.40. The molecule has 3 aliphatic heterocycles. The first-order valence-corrected chi connectivity index (χ1v) is 6.18. The van der Waals surface area contributed by atoms with Gasteiger partial charge in [0.05, 0.1) is 12.7 Å². The van der Waals surface area contributed by atoms with Gasteiger partial charge in [-0.15, -0.1) is 0 Å². The van der Waals surface area contributed by atoms with Crippen molar-refractivity contribution in [1.29, 1.82) is 0 Å². The van der Waals surface area contributed by atoms with Crippen molar-refractivity contribution < 1.29 is 23.7 Å². The summed E-state index contributed by atoms with van der Waals surface area (Å²) in [5.74, 6) is -1.04. The fourth-order valence-electron chi connectivity index (χ4n) is 2.67. The van der Waals surface area contributed by atoms with Crippen molar-refractivity contribution in [2.45, 2.75) is 70.3 Å². The molecule has 0 spiro atoms. The van der Waals surface area contributed by atoms with Gasteiger partial charge in [0, 0.05) is 6.42 Å². The molecular weight excluding hydrogens is 224 g/mol. The number of ether oxygens (including phenoxy) is 5. The lowest BCUT2D eigenvalue weighted by Crippen LogP contribution is -2.33. The van der Waals surface area contributed by atoms with Gasteiger partial charge in [-0.3, -0.25) is 0 Å². The molecule has 0 N–H and O–H groups in total. The van der Waals surface area contributed by atoms with Crippen LogP contribution in [0.5, 0.6) is 0 Å². The molecule has 0 saturated carbocycles. The standard InChI is InChI=1S/C12H20O5/c1-11(2)13-6-9(16-11)7-5-8-10(14-7)17-12(3,4)15-8/h7-10H,5-6H2,1-4H3/t7-,8+,9-,10+/m0/s1. The van der Waals surface area contributed by atoms with Gasteiger partial charge in [-0.25, -0.2) is 0 Å². The van der Waals surface area contributed by atoms with Crippen molar-refractivity contribution in [3.8, 4) is 0 Å². The fraction of sp³-hybridized carbons (Fsp3) is 1.00. The van der Waals surface area contributed by atoms with Crippen LogP contribution in [-0.2, 0) is 23.7 Å². The van der Waals surface area contributed by atoms with Crippen LogP contribution >= 0.6 is 0 Å². The van der Waals surface area contributed by atoms with Crippen molar-refractivity contribution in [2.75, 3.05) is 6.61 Å². The van der Waals surface area contributed by atoms with Crippen LogP contribution in [0.2, 0.25) is 0 Å². The van der Waals surface area contributed by atoms with E-state index in [9.17, 15) is 0 Å². The largest absolute Gasteiger partial charge is 0.348 e. The van der Waals surface area contributed by atoms with Crippen LogP contribution in [0, 0.1) is 0 Å². The first kappa shape index (κ1) is 11.9. The summed E-state index contributed by atoms with van der Waals surface area (Å²) in [6.45, 7) is 8.21. The summed E-state index contributed by atoms with van der Waals surface area (Å²) in [7, 11) is 0. The van der Waals surface area contributed by atoms with Crippen LogP contribution in [0.25, 0.3) is 0 Å². The quantitative estimate of drug-likeness (QED) is 0.697. The highest BCUT2D eigenvalue weighted by atomic mass is 16.8. The summed E-state index contributed by atoms with van der Waals surface area (Å²) in [6.07, 6.45) is 0.538. The van der Waals surface area contributed by atoms with Gasteiger partial charge in [-0.2, -0.15) is 0 Å². The van der Waals surface area contributed by atoms with E-state index in [2.05, 4.69) is 0 Å². The van der Waals surface area contributed by atoms with E-state index >= 15 is 0 Å². The lowest BCUT2D eigenvalue weighted by molar-refractivity contribution is -0.220. The molecule has 17 heavy (non-hydrogen) atoms. The summed E-state index contributed by atoms with van der Waals surface area (Å²) in [5.41, 5.74) is 0. The van der Waals surface area contributed by atoms with Gasteiger partial charge >= 0.3 is 0 Å². The zero-order chi connectivity index (χ0) is 12.3. The van der Waals surface area contributed by atoms with E-state index in [4.69, 9.17) is 23.7 Å². The van der Waals surface area contributed by atoms with Crippen molar-refractivity contribution >= 4 is 0 Å². The van der Waals surface area contributed by atoms with E-state index < -0.39 is 11.6 Å². The lowest BCUT2D eigenvalue weighted by atomic mass is 10.1. The topological polar surface area (TPSA) is 46.2 Å². The van der Waals surface area contributed by atoms with E-state index in [1.807, 2.05) is 27.7 Å². The van der Waals surface area contributed by atoms with Crippen LogP contribution in [0.15, 0.2) is 0 Å². The molecule has 3 saturated heterocycles. The third-order valence-electron chi connectivity index (χ3n) is 3.36. The first-order valence-electron chi connectivity index (χ1n) is 6.18. The molecule has 3 aliphatic rings. The van der Waals surface area contributed by atoms with Crippen molar-refractivity contribution in [3.05, 3.63) is 0 Å². The predicted molar refractivity (Wildman–Crippen MR) is 58.2 cm³/mol. The minimum absolute atomic E-state index is 0.00266. The fourth-order valence-corrected chi connectivity index (χ4v) is 2.67. The van der Waals surface area contributed by atoms with Crippen LogP contribution in [-0.4, -0.2) is 42.8 Å². The molecule has 5 heteroatoms. The predicted octanol–water partition coefficient (Wildman–Crippen LogP) is 1.40. The zero-order valence-electron chi connectivity index (χ0n) is 10.8. The minimum Gasteiger partial charge on any atom is -0.348 e. The Morgan fingerprint density at radius 2 is 1.53 bits per heavy atom. The molecule has 3 rings (SSSR count). The van der Waals surface area contributed by atoms with Crippen LogP contribution in [0.1, 0.15) is 34.1 Å². The third-order valence-corrected chi connectivity index (χ3v) is 3.36. The molecule has 3 heterocycles. The van der Waals surface area contributed by atoms with Gasteiger partial charge < -0.3 is 23.7 Å². The number of hydrogen-bond acceptors (Lipinski definition) is 5. The maximum Gasteiger partial charge on any atom is 0.187 e. The second kappa shape index (κ2) is 3.65. The Morgan fingerprint density at radius 1 is 0.824 bits per heavy atom. The Bertz CT molecular complexity index is 298. The van der Waals surface area contributed by atoms with Gasteiger partial charge in [-0.05, 0) is 27.7 Å². The Labute approximate surface area is 101 Å². The van der Waals surface area contributed by atoms with Crippen molar-refractivity contribution in [3.63, 3.8) is 0 Å². The maximum absolute atomic E-state index is 5.85. The van der Waals surface area contributed by atoms with E-state index in [0.717, 1.165) is 6.42 Å². The summed E-state index contributed by atoms with van der Waals surface area (Å²) < 4.78 is 28.6. The van der Waals surface area contributed by atoms with Gasteiger partial charge in [0.2, 0.25) is 0 Å². The molecule has 3 fully saturated rings. The van der Waals surface area contributed by atoms with Crippen LogP contribution < -0.4 is 0 Å². The third kappa shape index (κ3) is 2.22. The molecule has 0 radical (unpaired) electrons. The normalized spacial score (nSPS) is 47.3. The zero-order valence-corrected chi connectivity index (χ0v) is 10.8. The minimum atomic E-state index is -0.535. The molecule has 0 amide bonds. The summed E-state index contributed by atoms with van der Waals surface area (Å²) in [6, 6.07) is 0. The lowest BCUT2D eigenvalue weighted by Gasteiger charge is -2.23. The highest BCUT2D eigenvalue weighted by Gasteiger charge is 2.52.